The van der Waals surface area contributed by atoms with Crippen molar-refractivity contribution in [3.63, 3.8) is 0 Å². The van der Waals surface area contributed by atoms with Gasteiger partial charge in [0.05, 0.1) is 14.2 Å². The van der Waals surface area contributed by atoms with Crippen LogP contribution in [0.4, 0.5) is 0 Å². The molecule has 2 aromatic rings. The predicted octanol–water partition coefficient (Wildman–Crippen LogP) is -2.17. The molecule has 0 unspecified atom stereocenters. The summed E-state index contributed by atoms with van der Waals surface area (Å²) in [4.78, 5) is 0. The van der Waals surface area contributed by atoms with Crippen molar-refractivity contribution in [3.8, 4) is 11.5 Å². The molecule has 0 spiro atoms. The Kier molecular flexibility index (Phi) is 10.6. The molecule has 4 heteroatoms. The monoisotopic (exact) mass is 278 g/mol. The summed E-state index contributed by atoms with van der Waals surface area (Å²) < 4.78 is 10.5. The van der Waals surface area contributed by atoms with Gasteiger partial charge in [-0.2, -0.15) is 12.2 Å². The molecule has 0 atom stereocenters. The Balaban J connectivity index is 0.00000220. The van der Waals surface area contributed by atoms with Crippen LogP contribution in [0.3, 0.4) is 0 Å². The second-order valence-electron chi connectivity index (χ2n) is 4.02. The van der Waals surface area contributed by atoms with E-state index in [4.69, 9.17) is 9.47 Å². The number of para-hydroxylation sites is 2. The zero-order chi connectivity index (χ0) is 14.2. The van der Waals surface area contributed by atoms with Crippen LogP contribution in [-0.2, 0) is 0 Å². The molecule has 2 nitrogen and oxygen atoms in total. The molecule has 0 radical (unpaired) electrons. The van der Waals surface area contributed by atoms with Crippen LogP contribution < -0.4 is 47.2 Å². The number of rotatable bonds is 5. The minimum atomic E-state index is 0. The van der Waals surface area contributed by atoms with Gasteiger partial charge in [0.15, 0.2) is 0 Å². The number of allylic oxidation sites excluding steroid dienone is 2. The number of hydrogen-bond donors (Lipinski definition) is 0. The van der Waals surface area contributed by atoms with Gasteiger partial charge in [-0.15, -0.1) is 35.4 Å². The van der Waals surface area contributed by atoms with Crippen LogP contribution in [0.2, 0.25) is 0 Å². The molecule has 0 saturated carbocycles. The third kappa shape index (κ3) is 5.84. The zero-order valence-electron chi connectivity index (χ0n) is 13.6. The fraction of sp³-hybridized carbons (Fsp3) is 0.111. The molecule has 2 aromatic carbocycles. The molecular weight excluding hydrogens is 262 g/mol. The molecule has 0 fully saturated rings. The topological polar surface area (TPSA) is 18.5 Å². The molecule has 0 bridgehead atoms. The summed E-state index contributed by atoms with van der Waals surface area (Å²) in [5.41, 5.74) is 1.82. The molecule has 0 aliphatic rings. The zero-order valence-corrected chi connectivity index (χ0v) is 13.6. The number of hydrogen-bond acceptors (Lipinski definition) is 2. The van der Waals surface area contributed by atoms with Gasteiger partial charge in [0, 0.05) is 11.5 Å². The van der Waals surface area contributed by atoms with Crippen LogP contribution >= 0.6 is 0 Å². The molecule has 102 valence electrons. The first-order valence-electron chi connectivity index (χ1n) is 6.29. The van der Waals surface area contributed by atoms with Gasteiger partial charge < -0.3 is 9.47 Å². The van der Waals surface area contributed by atoms with Crippen LogP contribution in [0.5, 0.6) is 11.5 Å². The molecule has 0 aliphatic heterocycles. The summed E-state index contributed by atoms with van der Waals surface area (Å²) in [5, 5.41) is 0. The molecule has 0 aliphatic carbocycles. The van der Waals surface area contributed by atoms with Crippen molar-refractivity contribution in [2.24, 2.45) is 0 Å². The van der Waals surface area contributed by atoms with Gasteiger partial charge in [0.1, 0.15) is 0 Å². The maximum atomic E-state index is 5.26. The smallest absolute Gasteiger partial charge is 0.539 e. The molecule has 0 heterocycles. The SMILES string of the molecule is COc1ccccc1[C-]=CC=[C-]c1ccccc1OC.[Li+].[Li+]. The number of methoxy groups -OCH3 is 2. The maximum absolute atomic E-state index is 5.26. The van der Waals surface area contributed by atoms with E-state index in [1.807, 2.05) is 60.7 Å². The van der Waals surface area contributed by atoms with E-state index >= 15 is 0 Å². The van der Waals surface area contributed by atoms with E-state index in [1.165, 1.54) is 0 Å². The molecule has 0 aromatic heterocycles. The Bertz CT molecular complexity index is 566. The summed E-state index contributed by atoms with van der Waals surface area (Å²) in [7, 11) is 3.30. The Morgan fingerprint density at radius 1 is 0.682 bits per heavy atom. The van der Waals surface area contributed by atoms with Gasteiger partial charge in [0.25, 0.3) is 0 Å². The van der Waals surface area contributed by atoms with E-state index in [0.29, 0.717) is 0 Å². The molecule has 22 heavy (non-hydrogen) atoms. The van der Waals surface area contributed by atoms with Crippen LogP contribution in [0.25, 0.3) is 0 Å². The van der Waals surface area contributed by atoms with Gasteiger partial charge in [-0.3, -0.25) is 0 Å². The van der Waals surface area contributed by atoms with Crippen LogP contribution in [-0.4, -0.2) is 14.2 Å². The minimum Gasteiger partial charge on any atom is -0.539 e. The van der Waals surface area contributed by atoms with Gasteiger partial charge in [-0.25, -0.2) is 12.2 Å². The van der Waals surface area contributed by atoms with Crippen LogP contribution in [0, 0.1) is 12.2 Å². The van der Waals surface area contributed by atoms with E-state index in [0.717, 1.165) is 22.6 Å². The van der Waals surface area contributed by atoms with Gasteiger partial charge in [-0.05, 0) is 0 Å². The minimum absolute atomic E-state index is 0. The Labute approximate surface area is 156 Å². The largest absolute Gasteiger partial charge is 1.00 e. The second kappa shape index (κ2) is 11.3. The van der Waals surface area contributed by atoms with E-state index in [1.54, 1.807) is 14.2 Å². The van der Waals surface area contributed by atoms with Crippen molar-refractivity contribution in [1.29, 1.82) is 0 Å². The molecular formula is C18H16Li2O2. The number of benzene rings is 2. The molecule has 2 rings (SSSR count). The maximum Gasteiger partial charge on any atom is 1.00 e. The average Bonchev–Trinajstić information content (AvgIpc) is 2.52. The van der Waals surface area contributed by atoms with E-state index < -0.39 is 0 Å². The predicted molar refractivity (Wildman–Crippen MR) is 79.8 cm³/mol. The van der Waals surface area contributed by atoms with Crippen molar-refractivity contribution in [1.82, 2.24) is 0 Å². The van der Waals surface area contributed by atoms with E-state index in [9.17, 15) is 0 Å². The second-order valence-corrected chi connectivity index (χ2v) is 4.02. The summed E-state index contributed by atoms with van der Waals surface area (Å²) in [6.45, 7) is 0. The number of ether oxygens (including phenoxy) is 2. The van der Waals surface area contributed by atoms with Crippen molar-refractivity contribution < 1.29 is 47.2 Å². The normalized spacial score (nSPS) is 10.1. The van der Waals surface area contributed by atoms with E-state index in [2.05, 4.69) is 12.2 Å². The quantitative estimate of drug-likeness (QED) is 0.352. The molecule has 0 saturated heterocycles. The van der Waals surface area contributed by atoms with E-state index in [-0.39, 0.29) is 37.7 Å². The first-order chi connectivity index (χ1) is 9.85. The molecule has 0 N–H and O–H groups in total. The van der Waals surface area contributed by atoms with Crippen molar-refractivity contribution in [2.45, 2.75) is 0 Å². The van der Waals surface area contributed by atoms with Gasteiger partial charge in [0.2, 0.25) is 0 Å². The fourth-order valence-electron chi connectivity index (χ4n) is 1.79. The first kappa shape index (κ1) is 20.7. The summed E-state index contributed by atoms with van der Waals surface area (Å²) in [5.74, 6) is 1.60. The Morgan fingerprint density at radius 3 is 1.41 bits per heavy atom. The third-order valence-electron chi connectivity index (χ3n) is 2.77. The first-order valence-corrected chi connectivity index (χ1v) is 6.29. The Hall–Kier alpha value is -1.29. The summed E-state index contributed by atoms with van der Waals surface area (Å²) in [6.07, 6.45) is 9.95. The third-order valence-corrected chi connectivity index (χ3v) is 2.77. The molecule has 0 amide bonds. The Morgan fingerprint density at radius 2 is 1.05 bits per heavy atom. The fourth-order valence-corrected chi connectivity index (χ4v) is 1.79. The van der Waals surface area contributed by atoms with Crippen molar-refractivity contribution in [3.05, 3.63) is 84.0 Å². The standard InChI is InChI=1S/C18H16O2.2Li/c1-19-17-13-7-5-11-15(17)9-3-4-10-16-12-6-8-14-18(16)20-2;;/h3-8,11-14H,1-2H3;;/q-2;2*+1. The van der Waals surface area contributed by atoms with Gasteiger partial charge >= 0.3 is 37.7 Å². The van der Waals surface area contributed by atoms with Gasteiger partial charge in [-0.1, -0.05) is 24.3 Å². The van der Waals surface area contributed by atoms with Crippen molar-refractivity contribution >= 4 is 0 Å². The average molecular weight is 278 g/mol. The van der Waals surface area contributed by atoms with Crippen molar-refractivity contribution in [2.75, 3.05) is 14.2 Å². The summed E-state index contributed by atoms with van der Waals surface area (Å²) in [6, 6.07) is 15.5. The van der Waals surface area contributed by atoms with Crippen LogP contribution in [0.15, 0.2) is 60.7 Å². The van der Waals surface area contributed by atoms with Crippen LogP contribution in [0.1, 0.15) is 11.1 Å². The summed E-state index contributed by atoms with van der Waals surface area (Å²) >= 11 is 0.